The van der Waals surface area contributed by atoms with Crippen molar-refractivity contribution in [2.75, 3.05) is 11.4 Å². The SMILES string of the molecule is CCc1nc(Br)cc(N(CC)C2CCCC2)n1. The van der Waals surface area contributed by atoms with Gasteiger partial charge in [0.2, 0.25) is 0 Å². The van der Waals surface area contributed by atoms with E-state index in [1.54, 1.807) is 0 Å². The molecule has 0 unspecified atom stereocenters. The summed E-state index contributed by atoms with van der Waals surface area (Å²) in [4.78, 5) is 11.5. The van der Waals surface area contributed by atoms with Gasteiger partial charge >= 0.3 is 0 Å². The lowest BCUT2D eigenvalue weighted by molar-refractivity contribution is 0.610. The molecule has 0 N–H and O–H groups in total. The van der Waals surface area contributed by atoms with Crippen molar-refractivity contribution < 1.29 is 0 Å². The third-order valence-corrected chi connectivity index (χ3v) is 3.85. The van der Waals surface area contributed by atoms with Crippen molar-refractivity contribution in [1.29, 1.82) is 0 Å². The molecule has 2 rings (SSSR count). The first kappa shape index (κ1) is 12.8. The molecule has 3 nitrogen and oxygen atoms in total. The Morgan fingerprint density at radius 2 is 2.00 bits per heavy atom. The molecule has 1 fully saturated rings. The standard InChI is InChI=1S/C13H20BrN3/c1-3-12-15-11(14)9-13(16-12)17(4-2)10-7-5-6-8-10/h9-10H,3-8H2,1-2H3. The number of halogens is 1. The zero-order valence-electron chi connectivity index (χ0n) is 10.6. The summed E-state index contributed by atoms with van der Waals surface area (Å²) in [6, 6.07) is 2.72. The monoisotopic (exact) mass is 297 g/mol. The van der Waals surface area contributed by atoms with Crippen molar-refractivity contribution in [3.05, 3.63) is 16.5 Å². The highest BCUT2D eigenvalue weighted by Gasteiger charge is 2.23. The van der Waals surface area contributed by atoms with Crippen LogP contribution in [0.1, 0.15) is 45.4 Å². The average Bonchev–Trinajstić information content (AvgIpc) is 2.83. The second-order valence-corrected chi connectivity index (χ2v) is 5.36. The summed E-state index contributed by atoms with van der Waals surface area (Å²) in [7, 11) is 0. The fourth-order valence-electron chi connectivity index (χ4n) is 2.58. The van der Waals surface area contributed by atoms with E-state index in [-0.39, 0.29) is 0 Å². The van der Waals surface area contributed by atoms with Gasteiger partial charge < -0.3 is 4.90 Å². The third-order valence-electron chi connectivity index (χ3n) is 3.44. The first-order chi connectivity index (χ1) is 8.24. The van der Waals surface area contributed by atoms with Crippen LogP contribution >= 0.6 is 15.9 Å². The van der Waals surface area contributed by atoms with Gasteiger partial charge in [-0.05, 0) is 35.7 Å². The topological polar surface area (TPSA) is 29.0 Å². The quantitative estimate of drug-likeness (QED) is 0.796. The van der Waals surface area contributed by atoms with Gasteiger partial charge in [-0.3, -0.25) is 0 Å². The molecule has 1 aliphatic carbocycles. The molecule has 0 saturated heterocycles. The van der Waals surface area contributed by atoms with Crippen molar-refractivity contribution >= 4 is 21.7 Å². The highest BCUT2D eigenvalue weighted by Crippen LogP contribution is 2.28. The van der Waals surface area contributed by atoms with Gasteiger partial charge in [0.15, 0.2) is 0 Å². The minimum absolute atomic E-state index is 0.673. The molecule has 94 valence electrons. The van der Waals surface area contributed by atoms with E-state index in [0.717, 1.165) is 29.2 Å². The number of aryl methyl sites for hydroxylation is 1. The van der Waals surface area contributed by atoms with Crippen LogP contribution in [0.4, 0.5) is 5.82 Å². The molecule has 17 heavy (non-hydrogen) atoms. The van der Waals surface area contributed by atoms with E-state index in [2.05, 4.69) is 44.6 Å². The van der Waals surface area contributed by atoms with Gasteiger partial charge in [-0.2, -0.15) is 0 Å². The average molecular weight is 298 g/mol. The molecule has 1 heterocycles. The van der Waals surface area contributed by atoms with Gasteiger partial charge in [0.05, 0.1) is 0 Å². The second-order valence-electron chi connectivity index (χ2n) is 4.54. The van der Waals surface area contributed by atoms with E-state index in [4.69, 9.17) is 0 Å². The highest BCUT2D eigenvalue weighted by molar-refractivity contribution is 9.10. The van der Waals surface area contributed by atoms with Crippen molar-refractivity contribution in [3.63, 3.8) is 0 Å². The molecule has 0 bridgehead atoms. The Hall–Kier alpha value is -0.640. The smallest absolute Gasteiger partial charge is 0.133 e. The summed E-state index contributed by atoms with van der Waals surface area (Å²) in [5.74, 6) is 2.00. The van der Waals surface area contributed by atoms with Crippen molar-refractivity contribution in [2.45, 2.75) is 52.0 Å². The van der Waals surface area contributed by atoms with Crippen molar-refractivity contribution in [3.8, 4) is 0 Å². The van der Waals surface area contributed by atoms with E-state index in [0.29, 0.717) is 6.04 Å². The Labute approximate surface area is 112 Å². The van der Waals surface area contributed by atoms with Gasteiger partial charge in [-0.15, -0.1) is 0 Å². The van der Waals surface area contributed by atoms with Gasteiger partial charge in [-0.25, -0.2) is 9.97 Å². The maximum Gasteiger partial charge on any atom is 0.133 e. The van der Waals surface area contributed by atoms with Crippen LogP contribution in [0.15, 0.2) is 10.7 Å². The fraction of sp³-hybridized carbons (Fsp3) is 0.692. The number of anilines is 1. The summed E-state index contributed by atoms with van der Waals surface area (Å²) in [6.45, 7) is 5.33. The Morgan fingerprint density at radius 1 is 1.29 bits per heavy atom. The maximum absolute atomic E-state index is 4.65. The van der Waals surface area contributed by atoms with Crippen molar-refractivity contribution in [1.82, 2.24) is 9.97 Å². The largest absolute Gasteiger partial charge is 0.354 e. The predicted octanol–water partition coefficient (Wildman–Crippen LogP) is 3.57. The number of hydrogen-bond donors (Lipinski definition) is 0. The number of nitrogens with zero attached hydrogens (tertiary/aromatic N) is 3. The molecule has 0 aromatic carbocycles. The van der Waals surface area contributed by atoms with E-state index < -0.39 is 0 Å². The Kier molecular flexibility index (Phi) is 4.37. The molecule has 4 heteroatoms. The van der Waals surface area contributed by atoms with E-state index in [9.17, 15) is 0 Å². The molecule has 1 aliphatic rings. The van der Waals surface area contributed by atoms with Crippen LogP contribution in [0, 0.1) is 0 Å². The minimum atomic E-state index is 0.673. The summed E-state index contributed by atoms with van der Waals surface area (Å²) < 4.78 is 0.899. The first-order valence-corrected chi connectivity index (χ1v) is 7.34. The molecule has 0 spiro atoms. The maximum atomic E-state index is 4.65. The van der Waals surface area contributed by atoms with Crippen LogP contribution in [-0.4, -0.2) is 22.6 Å². The van der Waals surface area contributed by atoms with Crippen molar-refractivity contribution in [2.24, 2.45) is 0 Å². The van der Waals surface area contributed by atoms with Gasteiger partial charge in [-0.1, -0.05) is 19.8 Å². The fourth-order valence-corrected chi connectivity index (χ4v) is 2.99. The summed E-state index contributed by atoms with van der Waals surface area (Å²) in [6.07, 6.45) is 6.20. The first-order valence-electron chi connectivity index (χ1n) is 6.54. The zero-order valence-corrected chi connectivity index (χ0v) is 12.2. The number of aromatic nitrogens is 2. The predicted molar refractivity (Wildman–Crippen MR) is 74.4 cm³/mol. The van der Waals surface area contributed by atoms with E-state index in [1.807, 2.05) is 6.07 Å². The van der Waals surface area contributed by atoms with Gasteiger partial charge in [0.1, 0.15) is 16.2 Å². The highest BCUT2D eigenvalue weighted by atomic mass is 79.9. The second kappa shape index (κ2) is 5.80. The van der Waals surface area contributed by atoms with E-state index in [1.165, 1.54) is 25.7 Å². The Bertz CT molecular complexity index is 375. The molecular formula is C13H20BrN3. The lowest BCUT2D eigenvalue weighted by atomic mass is 10.2. The molecule has 1 aromatic heterocycles. The minimum Gasteiger partial charge on any atom is -0.354 e. The van der Waals surface area contributed by atoms with Gasteiger partial charge in [0.25, 0.3) is 0 Å². The third kappa shape index (κ3) is 2.97. The summed E-state index contributed by atoms with van der Waals surface area (Å²) in [5, 5.41) is 0. The van der Waals surface area contributed by atoms with E-state index >= 15 is 0 Å². The molecule has 0 atom stereocenters. The molecule has 0 radical (unpaired) electrons. The van der Waals surface area contributed by atoms with Crippen LogP contribution in [-0.2, 0) is 6.42 Å². The van der Waals surface area contributed by atoms with Crippen LogP contribution in [0.2, 0.25) is 0 Å². The lowest BCUT2D eigenvalue weighted by Gasteiger charge is -2.29. The molecule has 0 aliphatic heterocycles. The number of hydrogen-bond acceptors (Lipinski definition) is 3. The summed E-state index contributed by atoms with van der Waals surface area (Å²) in [5.41, 5.74) is 0. The molecular weight excluding hydrogens is 278 g/mol. The molecule has 0 amide bonds. The zero-order chi connectivity index (χ0) is 12.3. The summed E-state index contributed by atoms with van der Waals surface area (Å²) >= 11 is 3.48. The van der Waals surface area contributed by atoms with Crippen LogP contribution < -0.4 is 4.90 Å². The Morgan fingerprint density at radius 3 is 2.59 bits per heavy atom. The number of rotatable bonds is 4. The molecule has 1 saturated carbocycles. The normalized spacial score (nSPS) is 16.4. The van der Waals surface area contributed by atoms with Crippen LogP contribution in [0.3, 0.4) is 0 Å². The van der Waals surface area contributed by atoms with Gasteiger partial charge in [0, 0.05) is 25.1 Å². The lowest BCUT2D eigenvalue weighted by Crippen LogP contribution is -2.34. The van der Waals surface area contributed by atoms with Crippen LogP contribution in [0.25, 0.3) is 0 Å². The van der Waals surface area contributed by atoms with Crippen LogP contribution in [0.5, 0.6) is 0 Å². The Balaban J connectivity index is 2.25. The molecule has 1 aromatic rings.